The number of amides is 1. The van der Waals surface area contributed by atoms with Gasteiger partial charge in [-0.05, 0) is 31.4 Å². The van der Waals surface area contributed by atoms with E-state index in [0.717, 1.165) is 0 Å². The summed E-state index contributed by atoms with van der Waals surface area (Å²) in [5, 5.41) is 17.3. The number of nitrogens with two attached hydrogens (primary N) is 1. The molecule has 1 fully saturated rings. The van der Waals surface area contributed by atoms with E-state index in [1.807, 2.05) is 0 Å². The number of nitro benzene ring substituents is 1. The molecule has 8 heteroatoms. The molecule has 1 saturated carbocycles. The number of hydrogen-bond acceptors (Lipinski definition) is 5. The Labute approximate surface area is 154 Å². The van der Waals surface area contributed by atoms with Crippen LogP contribution in [-0.2, 0) is 0 Å². The average Bonchev–Trinajstić information content (AvgIpc) is 2.81. The van der Waals surface area contributed by atoms with Crippen LogP contribution in [0.3, 0.4) is 0 Å². The molecule has 4 N–H and O–H groups in total. The van der Waals surface area contributed by atoms with E-state index in [1.165, 1.54) is 44.6 Å². The highest BCUT2D eigenvalue weighted by molar-refractivity contribution is 6.01. The molecular formula is C17H27ClN4O3. The molecule has 0 spiro atoms. The van der Waals surface area contributed by atoms with E-state index in [0.29, 0.717) is 24.7 Å². The monoisotopic (exact) mass is 370 g/mol. The molecular weight excluding hydrogens is 344 g/mol. The van der Waals surface area contributed by atoms with Crippen LogP contribution in [0.5, 0.6) is 0 Å². The van der Waals surface area contributed by atoms with Crippen LogP contribution in [0.15, 0.2) is 12.1 Å². The first-order valence-corrected chi connectivity index (χ1v) is 8.55. The lowest BCUT2D eigenvalue weighted by Gasteiger charge is -2.16. The van der Waals surface area contributed by atoms with E-state index in [2.05, 4.69) is 10.6 Å². The molecule has 1 amide bonds. The first-order valence-electron chi connectivity index (χ1n) is 8.55. The predicted octanol–water partition coefficient (Wildman–Crippen LogP) is 2.95. The van der Waals surface area contributed by atoms with Gasteiger partial charge in [0.1, 0.15) is 5.69 Å². The number of hydrogen-bond donors (Lipinski definition) is 3. The smallest absolute Gasteiger partial charge is 0.293 e. The molecule has 1 aromatic rings. The maximum absolute atomic E-state index is 12.3. The summed E-state index contributed by atoms with van der Waals surface area (Å²) >= 11 is 0. The Morgan fingerprint density at radius 1 is 1.24 bits per heavy atom. The fourth-order valence-electron chi connectivity index (χ4n) is 3.15. The normalized spacial score (nSPS) is 15.1. The molecule has 0 radical (unpaired) electrons. The van der Waals surface area contributed by atoms with Gasteiger partial charge in [0.25, 0.3) is 11.6 Å². The molecule has 0 heterocycles. The zero-order valence-corrected chi connectivity index (χ0v) is 15.4. The van der Waals surface area contributed by atoms with Crippen LogP contribution in [0.2, 0.25) is 0 Å². The van der Waals surface area contributed by atoms with E-state index >= 15 is 0 Å². The zero-order chi connectivity index (χ0) is 17.5. The van der Waals surface area contributed by atoms with Crippen LogP contribution in [0.25, 0.3) is 0 Å². The van der Waals surface area contributed by atoms with Crippen LogP contribution in [-0.4, -0.2) is 30.0 Å². The molecule has 0 saturated heterocycles. The maximum atomic E-state index is 12.3. The Hall–Kier alpha value is -1.86. The van der Waals surface area contributed by atoms with Crippen molar-refractivity contribution in [1.29, 1.82) is 0 Å². The molecule has 0 aliphatic heterocycles. The number of aryl methyl sites for hydroxylation is 1. The molecule has 1 aliphatic rings. The summed E-state index contributed by atoms with van der Waals surface area (Å²) in [5.74, 6) is -0.373. The van der Waals surface area contributed by atoms with Gasteiger partial charge in [0.2, 0.25) is 0 Å². The van der Waals surface area contributed by atoms with Crippen molar-refractivity contribution in [3.05, 3.63) is 33.4 Å². The largest absolute Gasteiger partial charge is 0.393 e. The maximum Gasteiger partial charge on any atom is 0.293 e. The second kappa shape index (κ2) is 10.2. The molecule has 140 valence electrons. The Balaban J connectivity index is 0.00000312. The van der Waals surface area contributed by atoms with Crippen molar-refractivity contribution < 1.29 is 9.72 Å². The molecule has 0 unspecified atom stereocenters. The molecule has 1 aliphatic carbocycles. The minimum atomic E-state index is -0.563. The lowest BCUT2D eigenvalue weighted by Crippen LogP contribution is -2.37. The van der Waals surface area contributed by atoms with Crippen molar-refractivity contribution in [1.82, 2.24) is 10.6 Å². The molecule has 0 bridgehead atoms. The third-order valence-corrected chi connectivity index (χ3v) is 4.44. The minimum Gasteiger partial charge on any atom is -0.393 e. The summed E-state index contributed by atoms with van der Waals surface area (Å²) in [6, 6.07) is 3.48. The number of rotatable bonds is 6. The average molecular weight is 371 g/mol. The fraction of sp³-hybridized carbons (Fsp3) is 0.588. The number of benzene rings is 1. The van der Waals surface area contributed by atoms with E-state index in [9.17, 15) is 14.9 Å². The highest BCUT2D eigenvalue weighted by atomic mass is 35.5. The van der Waals surface area contributed by atoms with Crippen molar-refractivity contribution in [2.75, 3.05) is 18.8 Å². The van der Waals surface area contributed by atoms with Gasteiger partial charge in [0, 0.05) is 25.2 Å². The Bertz CT molecular complexity index is 602. The third kappa shape index (κ3) is 6.17. The second-order valence-electron chi connectivity index (χ2n) is 6.40. The van der Waals surface area contributed by atoms with E-state index < -0.39 is 4.92 Å². The van der Waals surface area contributed by atoms with Crippen LogP contribution in [0.1, 0.15) is 54.4 Å². The highest BCUT2D eigenvalue weighted by Crippen LogP contribution is 2.26. The predicted molar refractivity (Wildman–Crippen MR) is 101 cm³/mol. The Morgan fingerprint density at radius 3 is 2.48 bits per heavy atom. The first kappa shape index (κ1) is 21.2. The van der Waals surface area contributed by atoms with Gasteiger partial charge in [-0.2, -0.15) is 0 Å². The SMILES string of the molecule is Cc1cc(C(=O)NCCNC2CCCCCC2)c(N)c([N+](=O)[O-])c1.Cl. The topological polar surface area (TPSA) is 110 Å². The van der Waals surface area contributed by atoms with Gasteiger partial charge in [0.05, 0.1) is 10.5 Å². The van der Waals surface area contributed by atoms with Crippen LogP contribution >= 0.6 is 12.4 Å². The lowest BCUT2D eigenvalue weighted by molar-refractivity contribution is -0.384. The van der Waals surface area contributed by atoms with Crippen LogP contribution in [0.4, 0.5) is 11.4 Å². The Morgan fingerprint density at radius 2 is 1.88 bits per heavy atom. The highest BCUT2D eigenvalue weighted by Gasteiger charge is 2.20. The fourth-order valence-corrected chi connectivity index (χ4v) is 3.15. The summed E-state index contributed by atoms with van der Waals surface area (Å²) in [6.45, 7) is 2.86. The molecule has 0 aromatic heterocycles. The number of carbonyl (C=O) groups is 1. The van der Waals surface area contributed by atoms with Crippen molar-refractivity contribution in [2.24, 2.45) is 0 Å². The van der Waals surface area contributed by atoms with Crippen molar-refractivity contribution >= 4 is 29.7 Å². The number of nitrogens with one attached hydrogen (secondary N) is 2. The van der Waals surface area contributed by atoms with Gasteiger partial charge in [-0.3, -0.25) is 14.9 Å². The van der Waals surface area contributed by atoms with Gasteiger partial charge >= 0.3 is 0 Å². The van der Waals surface area contributed by atoms with E-state index in [1.54, 1.807) is 13.0 Å². The summed E-state index contributed by atoms with van der Waals surface area (Å²) in [4.78, 5) is 22.7. The molecule has 7 nitrogen and oxygen atoms in total. The van der Waals surface area contributed by atoms with Crippen molar-refractivity contribution in [3.63, 3.8) is 0 Å². The third-order valence-electron chi connectivity index (χ3n) is 4.44. The van der Waals surface area contributed by atoms with Gasteiger partial charge in [-0.1, -0.05) is 25.7 Å². The number of nitro groups is 1. The van der Waals surface area contributed by atoms with Gasteiger partial charge in [-0.25, -0.2) is 0 Å². The van der Waals surface area contributed by atoms with Crippen LogP contribution in [0, 0.1) is 17.0 Å². The summed E-state index contributed by atoms with van der Waals surface area (Å²) < 4.78 is 0. The molecule has 25 heavy (non-hydrogen) atoms. The van der Waals surface area contributed by atoms with Gasteiger partial charge < -0.3 is 16.4 Å². The quantitative estimate of drug-likeness (QED) is 0.234. The second-order valence-corrected chi connectivity index (χ2v) is 6.40. The van der Waals surface area contributed by atoms with Gasteiger partial charge in [0.15, 0.2) is 0 Å². The molecule has 1 aromatic carbocycles. The number of carbonyl (C=O) groups excluding carboxylic acids is 1. The van der Waals surface area contributed by atoms with E-state index in [-0.39, 0.29) is 35.3 Å². The molecule has 0 atom stereocenters. The lowest BCUT2D eigenvalue weighted by atomic mass is 10.1. The summed E-state index contributed by atoms with van der Waals surface area (Å²) in [6.07, 6.45) is 7.50. The van der Waals surface area contributed by atoms with Crippen LogP contribution < -0.4 is 16.4 Å². The molecule has 2 rings (SSSR count). The van der Waals surface area contributed by atoms with E-state index in [4.69, 9.17) is 5.73 Å². The Kier molecular flexibility index (Phi) is 8.65. The number of nitrogen functional groups attached to an aromatic ring is 1. The van der Waals surface area contributed by atoms with Crippen molar-refractivity contribution in [2.45, 2.75) is 51.5 Å². The zero-order valence-electron chi connectivity index (χ0n) is 14.5. The summed E-state index contributed by atoms with van der Waals surface area (Å²) in [7, 11) is 0. The minimum absolute atomic E-state index is 0. The van der Waals surface area contributed by atoms with Crippen molar-refractivity contribution in [3.8, 4) is 0 Å². The number of nitrogens with zero attached hydrogens (tertiary/aromatic N) is 1. The number of anilines is 1. The standard InChI is InChI=1S/C17H26N4O3.ClH/c1-12-10-14(16(18)15(11-12)21(23)24)17(22)20-9-8-19-13-6-4-2-3-5-7-13;/h10-11,13,19H,2-9,18H2,1H3,(H,20,22);1H. The first-order chi connectivity index (χ1) is 11.5. The number of halogens is 1. The van der Waals surface area contributed by atoms with Gasteiger partial charge in [-0.15, -0.1) is 12.4 Å². The summed E-state index contributed by atoms with van der Waals surface area (Å²) in [5.41, 5.74) is 6.27.